The molecule has 7 nitrogen and oxygen atoms in total. The van der Waals surface area contributed by atoms with E-state index < -0.39 is 16.1 Å². The molecule has 1 heterocycles. The fourth-order valence-electron chi connectivity index (χ4n) is 4.29. The molecule has 0 aromatic heterocycles. The predicted molar refractivity (Wildman–Crippen MR) is 110 cm³/mol. The van der Waals surface area contributed by atoms with Crippen LogP contribution >= 0.6 is 0 Å². The molecule has 0 unspecified atom stereocenters. The van der Waals surface area contributed by atoms with Gasteiger partial charge in [0.2, 0.25) is 15.9 Å². The molecule has 29 heavy (non-hydrogen) atoms. The third-order valence-corrected chi connectivity index (χ3v) is 7.61. The zero-order valence-corrected chi connectivity index (χ0v) is 17.8. The largest absolute Gasteiger partial charge is 0.394 e. The monoisotopic (exact) mass is 424 g/mol. The summed E-state index contributed by atoms with van der Waals surface area (Å²) < 4.78 is 33.5. The zero-order chi connectivity index (χ0) is 20.9. The lowest BCUT2D eigenvalue weighted by atomic mass is 9.96. The summed E-state index contributed by atoms with van der Waals surface area (Å²) in [5.74, 6) is 0.155. The van der Waals surface area contributed by atoms with Gasteiger partial charge >= 0.3 is 0 Å². The molecule has 2 aliphatic rings. The van der Waals surface area contributed by atoms with Gasteiger partial charge in [-0.25, -0.2) is 13.1 Å². The maximum absolute atomic E-state index is 12.5. The van der Waals surface area contributed by atoms with Crippen LogP contribution in [-0.2, 0) is 19.6 Å². The van der Waals surface area contributed by atoms with Crippen molar-refractivity contribution in [2.24, 2.45) is 5.92 Å². The quantitative estimate of drug-likeness (QED) is 0.591. The molecule has 3 N–H and O–H groups in total. The van der Waals surface area contributed by atoms with Crippen molar-refractivity contribution in [1.29, 1.82) is 0 Å². The molecular formula is C21H32N2O5S. The van der Waals surface area contributed by atoms with E-state index in [4.69, 9.17) is 4.74 Å². The molecule has 162 valence electrons. The Hall–Kier alpha value is -1.48. The number of nitrogens with one attached hydrogen (secondary N) is 2. The maximum Gasteiger partial charge on any atom is 0.240 e. The molecule has 0 bridgehead atoms. The number of hydrogen-bond donors (Lipinski definition) is 3. The van der Waals surface area contributed by atoms with Gasteiger partial charge in [-0.05, 0) is 50.7 Å². The van der Waals surface area contributed by atoms with Crippen molar-refractivity contribution in [1.82, 2.24) is 10.0 Å². The number of rotatable bonds is 8. The minimum Gasteiger partial charge on any atom is -0.394 e. The number of carbonyl (C=O) groups excluding carboxylic acids is 1. The third kappa shape index (κ3) is 5.78. The van der Waals surface area contributed by atoms with Crippen LogP contribution in [0.4, 0.5) is 0 Å². The normalized spacial score (nSPS) is 25.8. The van der Waals surface area contributed by atoms with Crippen molar-refractivity contribution in [3.63, 3.8) is 0 Å². The van der Waals surface area contributed by atoms with Crippen molar-refractivity contribution in [3.05, 3.63) is 29.8 Å². The van der Waals surface area contributed by atoms with E-state index in [1.165, 1.54) is 0 Å². The van der Waals surface area contributed by atoms with Gasteiger partial charge in [0.1, 0.15) is 6.10 Å². The summed E-state index contributed by atoms with van der Waals surface area (Å²) in [5.41, 5.74) is 0.704. The van der Waals surface area contributed by atoms with Crippen LogP contribution in [0.15, 0.2) is 29.2 Å². The molecule has 1 saturated heterocycles. The van der Waals surface area contributed by atoms with Crippen LogP contribution in [-0.4, -0.2) is 50.8 Å². The lowest BCUT2D eigenvalue weighted by Gasteiger charge is -2.36. The summed E-state index contributed by atoms with van der Waals surface area (Å²) in [6, 6.07) is 6.69. The summed E-state index contributed by atoms with van der Waals surface area (Å²) in [5, 5.41) is 12.8. The van der Waals surface area contributed by atoms with Crippen molar-refractivity contribution < 1.29 is 23.1 Å². The lowest BCUT2D eigenvalue weighted by molar-refractivity contribution is -0.131. The van der Waals surface area contributed by atoms with Crippen molar-refractivity contribution >= 4 is 15.9 Å². The number of ether oxygens (including phenoxy) is 1. The second-order valence-corrected chi connectivity index (χ2v) is 9.84. The van der Waals surface area contributed by atoms with Gasteiger partial charge in [0.05, 0.1) is 23.6 Å². The second-order valence-electron chi connectivity index (χ2n) is 8.10. The summed E-state index contributed by atoms with van der Waals surface area (Å²) in [4.78, 5) is 12.7. The molecule has 1 aromatic carbocycles. The van der Waals surface area contributed by atoms with E-state index in [0.717, 1.165) is 38.5 Å². The Balaban J connectivity index is 1.47. The summed E-state index contributed by atoms with van der Waals surface area (Å²) in [7, 11) is -3.56. The molecule has 8 heteroatoms. The highest BCUT2D eigenvalue weighted by Crippen LogP contribution is 2.27. The first-order chi connectivity index (χ1) is 13.9. The molecule has 3 atom stereocenters. The molecule has 0 spiro atoms. The second kappa shape index (κ2) is 10.0. The average molecular weight is 425 g/mol. The third-order valence-electron chi connectivity index (χ3n) is 5.99. The van der Waals surface area contributed by atoms with E-state index in [0.29, 0.717) is 12.0 Å². The van der Waals surface area contributed by atoms with Gasteiger partial charge in [-0.2, -0.15) is 0 Å². The van der Waals surface area contributed by atoms with Gasteiger partial charge in [0.15, 0.2) is 0 Å². The lowest BCUT2D eigenvalue weighted by Crippen LogP contribution is -2.52. The van der Waals surface area contributed by atoms with E-state index in [1.807, 2.05) is 0 Å². The minimum absolute atomic E-state index is 0.0685. The van der Waals surface area contributed by atoms with Gasteiger partial charge in [0.25, 0.3) is 0 Å². The number of hydrogen-bond acceptors (Lipinski definition) is 5. The Kier molecular flexibility index (Phi) is 7.67. The van der Waals surface area contributed by atoms with Crippen LogP contribution in [0.25, 0.3) is 0 Å². The molecule has 2 fully saturated rings. The number of aliphatic hydroxyl groups is 1. The molecule has 1 aliphatic carbocycles. The van der Waals surface area contributed by atoms with E-state index >= 15 is 0 Å². The van der Waals surface area contributed by atoms with Gasteiger partial charge < -0.3 is 15.2 Å². The fraction of sp³-hybridized carbons (Fsp3) is 0.667. The first-order valence-electron chi connectivity index (χ1n) is 10.5. The number of sulfonamides is 1. The van der Waals surface area contributed by atoms with Crippen LogP contribution in [0.2, 0.25) is 0 Å². The molecular weight excluding hydrogens is 392 g/mol. The Morgan fingerprint density at radius 2 is 1.90 bits per heavy atom. The molecule has 1 amide bonds. The Morgan fingerprint density at radius 1 is 1.17 bits per heavy atom. The predicted octanol–water partition coefficient (Wildman–Crippen LogP) is 1.88. The molecule has 1 aliphatic heterocycles. The summed E-state index contributed by atoms with van der Waals surface area (Å²) in [6.07, 6.45) is 5.44. The van der Waals surface area contributed by atoms with Crippen LogP contribution in [0.1, 0.15) is 50.5 Å². The number of aryl methyl sites for hydroxylation is 1. The first kappa shape index (κ1) is 22.2. The standard InChI is InChI=1S/C21H32N2O5S/c1-15-6-2-5-9-20(15)29(26,27)22-13-12-17-10-11-18(19(14-24)28-17)23-21(25)16-7-3-4-8-16/h2,5-6,9,16-19,22,24H,3-4,7-8,10-14H2,1H3,(H,23,25)/t17-,18-,19+/m1/s1. The highest BCUT2D eigenvalue weighted by Gasteiger charge is 2.34. The number of carbonyl (C=O) groups is 1. The smallest absolute Gasteiger partial charge is 0.240 e. The number of aliphatic hydroxyl groups excluding tert-OH is 1. The van der Waals surface area contributed by atoms with Gasteiger partial charge in [-0.3, -0.25) is 4.79 Å². The number of amides is 1. The topological polar surface area (TPSA) is 105 Å². The molecule has 0 radical (unpaired) electrons. The van der Waals surface area contributed by atoms with Crippen LogP contribution < -0.4 is 10.0 Å². The van der Waals surface area contributed by atoms with Gasteiger partial charge in [-0.1, -0.05) is 31.0 Å². The SMILES string of the molecule is Cc1ccccc1S(=O)(=O)NCC[C@H]1CC[C@@H](NC(=O)C2CCCC2)[C@H](CO)O1. The van der Waals surface area contributed by atoms with Gasteiger partial charge in [0, 0.05) is 12.5 Å². The van der Waals surface area contributed by atoms with Crippen LogP contribution in [0, 0.1) is 12.8 Å². The average Bonchev–Trinajstić information content (AvgIpc) is 3.24. The van der Waals surface area contributed by atoms with Crippen molar-refractivity contribution in [3.8, 4) is 0 Å². The first-order valence-corrected chi connectivity index (χ1v) is 12.0. The van der Waals surface area contributed by atoms with Crippen LogP contribution in [0.3, 0.4) is 0 Å². The summed E-state index contributed by atoms with van der Waals surface area (Å²) >= 11 is 0. The maximum atomic E-state index is 12.5. The fourth-order valence-corrected chi connectivity index (χ4v) is 5.58. The van der Waals surface area contributed by atoms with Crippen LogP contribution in [0.5, 0.6) is 0 Å². The molecule has 3 rings (SSSR count). The van der Waals surface area contributed by atoms with E-state index in [-0.39, 0.29) is 42.0 Å². The van der Waals surface area contributed by atoms with Gasteiger partial charge in [-0.15, -0.1) is 0 Å². The Morgan fingerprint density at radius 3 is 2.59 bits per heavy atom. The zero-order valence-electron chi connectivity index (χ0n) is 17.0. The highest BCUT2D eigenvalue weighted by molar-refractivity contribution is 7.89. The van der Waals surface area contributed by atoms with E-state index in [2.05, 4.69) is 10.0 Å². The summed E-state index contributed by atoms with van der Waals surface area (Å²) in [6.45, 7) is 1.87. The van der Waals surface area contributed by atoms with E-state index in [9.17, 15) is 18.3 Å². The minimum atomic E-state index is -3.56. The van der Waals surface area contributed by atoms with Crippen molar-refractivity contribution in [2.75, 3.05) is 13.2 Å². The Bertz CT molecular complexity index is 792. The number of benzene rings is 1. The molecule has 1 saturated carbocycles. The van der Waals surface area contributed by atoms with E-state index in [1.54, 1.807) is 31.2 Å². The Labute approximate surface area is 173 Å². The molecule has 1 aromatic rings. The highest BCUT2D eigenvalue weighted by atomic mass is 32.2. The van der Waals surface area contributed by atoms with Crippen molar-refractivity contribution in [2.45, 2.75) is 75.0 Å².